The average molecular weight is 188 g/mol. The maximum absolute atomic E-state index is 10.7. The zero-order valence-corrected chi connectivity index (χ0v) is 7.86. The van der Waals surface area contributed by atoms with E-state index in [1.165, 1.54) is 18.4 Å². The standard InChI is InChI=1S/C12H12O2/c1-8(12(13)14)10-3-2-4-11(7-10)9-5-6-9/h2-4,7,9H,1,5-6H2,(H,13,14). The number of carboxylic acid groups (broad SMARTS) is 1. The summed E-state index contributed by atoms with van der Waals surface area (Å²) in [4.78, 5) is 10.7. The van der Waals surface area contributed by atoms with Crippen molar-refractivity contribution >= 4 is 11.5 Å². The Bertz CT molecular complexity index is 389. The molecular formula is C12H12O2. The van der Waals surface area contributed by atoms with E-state index in [0.717, 1.165) is 5.56 Å². The molecule has 2 nitrogen and oxygen atoms in total. The fraction of sp³-hybridized carbons (Fsp3) is 0.250. The summed E-state index contributed by atoms with van der Waals surface area (Å²) in [5.74, 6) is -0.297. The lowest BCUT2D eigenvalue weighted by Crippen LogP contribution is -1.98. The van der Waals surface area contributed by atoms with Gasteiger partial charge in [0, 0.05) is 0 Å². The van der Waals surface area contributed by atoms with Gasteiger partial charge < -0.3 is 5.11 Å². The molecule has 1 aliphatic rings. The van der Waals surface area contributed by atoms with Crippen molar-refractivity contribution in [2.45, 2.75) is 18.8 Å². The van der Waals surface area contributed by atoms with Crippen molar-refractivity contribution in [3.05, 3.63) is 42.0 Å². The molecule has 0 spiro atoms. The van der Waals surface area contributed by atoms with Crippen molar-refractivity contribution < 1.29 is 9.90 Å². The van der Waals surface area contributed by atoms with Gasteiger partial charge in [-0.1, -0.05) is 30.8 Å². The number of benzene rings is 1. The summed E-state index contributed by atoms with van der Waals surface area (Å²) in [5.41, 5.74) is 2.14. The van der Waals surface area contributed by atoms with Gasteiger partial charge in [-0.15, -0.1) is 0 Å². The van der Waals surface area contributed by atoms with Crippen molar-refractivity contribution in [3.63, 3.8) is 0 Å². The molecule has 14 heavy (non-hydrogen) atoms. The van der Waals surface area contributed by atoms with Crippen LogP contribution in [-0.4, -0.2) is 11.1 Å². The topological polar surface area (TPSA) is 37.3 Å². The van der Waals surface area contributed by atoms with Gasteiger partial charge in [-0.25, -0.2) is 4.79 Å². The second-order valence-corrected chi connectivity index (χ2v) is 3.68. The van der Waals surface area contributed by atoms with Crippen molar-refractivity contribution in [1.29, 1.82) is 0 Å². The molecular weight excluding hydrogens is 176 g/mol. The second-order valence-electron chi connectivity index (χ2n) is 3.68. The summed E-state index contributed by atoms with van der Waals surface area (Å²) in [6.07, 6.45) is 2.45. The van der Waals surface area contributed by atoms with Gasteiger partial charge in [-0.05, 0) is 29.9 Å². The highest BCUT2D eigenvalue weighted by atomic mass is 16.4. The Morgan fingerprint density at radius 2 is 2.14 bits per heavy atom. The maximum atomic E-state index is 10.7. The Hall–Kier alpha value is -1.57. The highest BCUT2D eigenvalue weighted by Gasteiger charge is 2.23. The molecule has 0 saturated heterocycles. The van der Waals surface area contributed by atoms with E-state index in [1.807, 2.05) is 12.1 Å². The molecule has 1 fully saturated rings. The molecule has 0 aliphatic heterocycles. The van der Waals surface area contributed by atoms with Crippen LogP contribution in [-0.2, 0) is 4.79 Å². The summed E-state index contributed by atoms with van der Waals surface area (Å²) < 4.78 is 0. The highest BCUT2D eigenvalue weighted by Crippen LogP contribution is 2.40. The van der Waals surface area contributed by atoms with Crippen molar-refractivity contribution in [2.24, 2.45) is 0 Å². The number of hydrogen-bond acceptors (Lipinski definition) is 1. The molecule has 2 rings (SSSR count). The highest BCUT2D eigenvalue weighted by molar-refractivity contribution is 6.14. The first kappa shape index (κ1) is 9.00. The summed E-state index contributed by atoms with van der Waals surface area (Å²) in [6.45, 7) is 3.55. The molecule has 0 unspecified atom stereocenters. The van der Waals surface area contributed by atoms with Gasteiger partial charge in [-0.2, -0.15) is 0 Å². The minimum atomic E-state index is -0.946. The molecule has 0 bridgehead atoms. The van der Waals surface area contributed by atoms with Crippen LogP contribution in [0.25, 0.3) is 5.57 Å². The van der Waals surface area contributed by atoms with Gasteiger partial charge in [0.1, 0.15) is 0 Å². The van der Waals surface area contributed by atoms with Crippen LogP contribution in [0.4, 0.5) is 0 Å². The summed E-state index contributed by atoms with van der Waals surface area (Å²) >= 11 is 0. The second kappa shape index (κ2) is 3.29. The molecule has 0 aromatic heterocycles. The molecule has 0 atom stereocenters. The zero-order chi connectivity index (χ0) is 10.1. The Labute approximate surface area is 82.9 Å². The molecule has 1 aromatic carbocycles. The van der Waals surface area contributed by atoms with Gasteiger partial charge >= 0.3 is 5.97 Å². The van der Waals surface area contributed by atoms with Gasteiger partial charge in [0.15, 0.2) is 0 Å². The number of carbonyl (C=O) groups is 1. The lowest BCUT2D eigenvalue weighted by atomic mass is 10.0. The summed E-state index contributed by atoms with van der Waals surface area (Å²) in [5, 5.41) is 8.78. The van der Waals surface area contributed by atoms with Crippen LogP contribution in [0.3, 0.4) is 0 Å². The normalized spacial score (nSPS) is 15.1. The SMILES string of the molecule is C=C(C(=O)O)c1cccc(C2CC2)c1. The van der Waals surface area contributed by atoms with Crippen molar-refractivity contribution in [1.82, 2.24) is 0 Å². The van der Waals surface area contributed by atoms with Gasteiger partial charge in [0.05, 0.1) is 5.57 Å². The first-order valence-corrected chi connectivity index (χ1v) is 4.71. The molecule has 72 valence electrons. The first-order valence-electron chi connectivity index (χ1n) is 4.71. The number of rotatable bonds is 3. The predicted molar refractivity (Wildman–Crippen MR) is 55.1 cm³/mol. The molecule has 2 heteroatoms. The van der Waals surface area contributed by atoms with E-state index in [0.29, 0.717) is 5.92 Å². The summed E-state index contributed by atoms with van der Waals surface area (Å²) in [7, 11) is 0. The van der Waals surface area contributed by atoms with Crippen LogP contribution >= 0.6 is 0 Å². The third-order valence-electron chi connectivity index (χ3n) is 2.54. The Balaban J connectivity index is 2.29. The van der Waals surface area contributed by atoms with E-state index in [2.05, 4.69) is 12.6 Å². The fourth-order valence-electron chi connectivity index (χ4n) is 1.52. The predicted octanol–water partition coefficient (Wildman–Crippen LogP) is 2.66. The molecule has 0 radical (unpaired) electrons. The van der Waals surface area contributed by atoms with Gasteiger partial charge in [-0.3, -0.25) is 0 Å². The Morgan fingerprint density at radius 1 is 1.43 bits per heavy atom. The number of hydrogen-bond donors (Lipinski definition) is 1. The smallest absolute Gasteiger partial charge is 0.335 e. The summed E-state index contributed by atoms with van der Waals surface area (Å²) in [6, 6.07) is 7.68. The van der Waals surface area contributed by atoms with Crippen LogP contribution in [0, 0.1) is 0 Å². The van der Waals surface area contributed by atoms with E-state index in [-0.39, 0.29) is 5.57 Å². The van der Waals surface area contributed by atoms with Crippen molar-refractivity contribution in [2.75, 3.05) is 0 Å². The van der Waals surface area contributed by atoms with E-state index in [1.54, 1.807) is 6.07 Å². The van der Waals surface area contributed by atoms with Crippen molar-refractivity contribution in [3.8, 4) is 0 Å². The van der Waals surface area contributed by atoms with E-state index in [9.17, 15) is 4.79 Å². The van der Waals surface area contributed by atoms with Gasteiger partial charge in [0.25, 0.3) is 0 Å². The van der Waals surface area contributed by atoms with E-state index >= 15 is 0 Å². The van der Waals surface area contributed by atoms with E-state index < -0.39 is 5.97 Å². The Kier molecular flexibility index (Phi) is 2.12. The van der Waals surface area contributed by atoms with Gasteiger partial charge in [0.2, 0.25) is 0 Å². The lowest BCUT2D eigenvalue weighted by molar-refractivity contribution is -0.130. The minimum absolute atomic E-state index is 0.174. The van der Waals surface area contributed by atoms with Crippen LogP contribution in [0.5, 0.6) is 0 Å². The monoisotopic (exact) mass is 188 g/mol. The molecule has 1 aliphatic carbocycles. The largest absolute Gasteiger partial charge is 0.478 e. The maximum Gasteiger partial charge on any atom is 0.335 e. The van der Waals surface area contributed by atoms with Crippen LogP contribution in [0.15, 0.2) is 30.8 Å². The number of aliphatic carboxylic acids is 1. The first-order chi connectivity index (χ1) is 6.68. The molecule has 0 heterocycles. The molecule has 1 aromatic rings. The third kappa shape index (κ3) is 1.69. The quantitative estimate of drug-likeness (QED) is 0.740. The van der Waals surface area contributed by atoms with Crippen LogP contribution in [0.2, 0.25) is 0 Å². The van der Waals surface area contributed by atoms with Crippen LogP contribution in [0.1, 0.15) is 29.9 Å². The Morgan fingerprint density at radius 3 is 2.71 bits per heavy atom. The average Bonchev–Trinajstić information content (AvgIpc) is 3.00. The van der Waals surface area contributed by atoms with E-state index in [4.69, 9.17) is 5.11 Å². The number of carboxylic acids is 1. The fourth-order valence-corrected chi connectivity index (χ4v) is 1.52. The molecule has 1 N–H and O–H groups in total. The van der Waals surface area contributed by atoms with Crippen LogP contribution < -0.4 is 0 Å². The lowest BCUT2D eigenvalue weighted by Gasteiger charge is -2.03. The zero-order valence-electron chi connectivity index (χ0n) is 7.86. The third-order valence-corrected chi connectivity index (χ3v) is 2.54. The minimum Gasteiger partial charge on any atom is -0.478 e. The molecule has 1 saturated carbocycles. The molecule has 0 amide bonds.